The van der Waals surface area contributed by atoms with E-state index in [9.17, 15) is 13.2 Å². The molecule has 138 valence electrons. The fraction of sp³-hybridized carbons (Fsp3) is 0.647. The van der Waals surface area contributed by atoms with Crippen molar-refractivity contribution in [1.82, 2.24) is 9.88 Å². The average molecular weight is 367 g/mol. The van der Waals surface area contributed by atoms with Crippen molar-refractivity contribution in [1.29, 1.82) is 0 Å². The van der Waals surface area contributed by atoms with E-state index in [1.807, 2.05) is 4.90 Å². The van der Waals surface area contributed by atoms with E-state index < -0.39 is 10.0 Å². The van der Waals surface area contributed by atoms with Gasteiger partial charge in [-0.3, -0.25) is 9.10 Å². The number of likely N-dealkylation sites (tertiary alicyclic amines) is 1. The molecule has 25 heavy (non-hydrogen) atoms. The smallest absolute Gasteiger partial charge is 0.232 e. The number of carbonyl (C=O) groups excluding carboxylic acids is 1. The molecule has 7 nitrogen and oxygen atoms in total. The van der Waals surface area contributed by atoms with Crippen molar-refractivity contribution >= 4 is 21.6 Å². The Morgan fingerprint density at radius 1 is 1.24 bits per heavy atom. The number of rotatable bonds is 5. The van der Waals surface area contributed by atoms with Crippen LogP contribution in [0.5, 0.6) is 5.88 Å². The minimum absolute atomic E-state index is 0.0384. The Hall–Kier alpha value is -1.83. The number of amides is 1. The van der Waals surface area contributed by atoms with E-state index in [2.05, 4.69) is 4.98 Å². The zero-order valence-electron chi connectivity index (χ0n) is 14.7. The summed E-state index contributed by atoms with van der Waals surface area (Å²) >= 11 is 0. The van der Waals surface area contributed by atoms with Crippen LogP contribution in [0.15, 0.2) is 18.3 Å². The van der Waals surface area contributed by atoms with E-state index in [-0.39, 0.29) is 12.0 Å². The molecule has 1 saturated carbocycles. The van der Waals surface area contributed by atoms with Crippen molar-refractivity contribution in [3.05, 3.63) is 18.3 Å². The summed E-state index contributed by atoms with van der Waals surface area (Å²) in [5.74, 6) is 1.03. The molecule has 8 heteroatoms. The zero-order chi connectivity index (χ0) is 18.0. The van der Waals surface area contributed by atoms with Gasteiger partial charge in [-0.2, -0.15) is 0 Å². The number of ether oxygens (including phenoxy) is 1. The molecule has 0 radical (unpaired) electrons. The van der Waals surface area contributed by atoms with Gasteiger partial charge < -0.3 is 9.64 Å². The second-order valence-electron chi connectivity index (χ2n) is 6.86. The van der Waals surface area contributed by atoms with Gasteiger partial charge in [0.05, 0.1) is 18.1 Å². The van der Waals surface area contributed by atoms with E-state index in [1.165, 1.54) is 24.0 Å². The molecule has 2 aliphatic rings. The second kappa shape index (κ2) is 7.19. The predicted molar refractivity (Wildman–Crippen MR) is 95.1 cm³/mol. The lowest BCUT2D eigenvalue weighted by atomic mass is 9.84. The van der Waals surface area contributed by atoms with Gasteiger partial charge in [0.15, 0.2) is 0 Å². The van der Waals surface area contributed by atoms with Crippen molar-refractivity contribution in [2.75, 3.05) is 30.7 Å². The Balaban J connectivity index is 1.51. The Morgan fingerprint density at radius 2 is 1.92 bits per heavy atom. The van der Waals surface area contributed by atoms with Crippen LogP contribution in [0.1, 0.15) is 32.1 Å². The second-order valence-corrected chi connectivity index (χ2v) is 8.87. The molecule has 0 N–H and O–H groups in total. The van der Waals surface area contributed by atoms with Crippen LogP contribution in [0.4, 0.5) is 5.69 Å². The summed E-state index contributed by atoms with van der Waals surface area (Å²) < 4.78 is 30.1. The summed E-state index contributed by atoms with van der Waals surface area (Å²) in [5, 5.41) is 0. The molecule has 1 aromatic rings. The number of pyridine rings is 1. The highest BCUT2D eigenvalue weighted by atomic mass is 32.2. The number of aromatic nitrogens is 1. The molecule has 1 amide bonds. The molecule has 0 spiro atoms. The molecule has 2 fully saturated rings. The molecule has 2 heterocycles. The maximum absolute atomic E-state index is 12.2. The van der Waals surface area contributed by atoms with Crippen LogP contribution in [0.2, 0.25) is 0 Å². The first-order chi connectivity index (χ1) is 11.8. The number of sulfonamides is 1. The van der Waals surface area contributed by atoms with Gasteiger partial charge in [-0.05, 0) is 18.9 Å². The topological polar surface area (TPSA) is 79.8 Å². The largest absolute Gasteiger partial charge is 0.474 e. The third kappa shape index (κ3) is 4.23. The molecular formula is C17H25N3O4S. The van der Waals surface area contributed by atoms with Gasteiger partial charge in [-0.1, -0.05) is 6.42 Å². The van der Waals surface area contributed by atoms with E-state index in [1.54, 1.807) is 12.1 Å². The lowest BCUT2D eigenvalue weighted by molar-refractivity contribution is -0.140. The maximum atomic E-state index is 12.2. The predicted octanol–water partition coefficient (Wildman–Crippen LogP) is 1.65. The van der Waals surface area contributed by atoms with E-state index >= 15 is 0 Å². The third-order valence-electron chi connectivity index (χ3n) is 5.08. The van der Waals surface area contributed by atoms with Gasteiger partial charge in [0.25, 0.3) is 0 Å². The van der Waals surface area contributed by atoms with E-state index in [0.717, 1.165) is 45.0 Å². The molecule has 0 atom stereocenters. The standard InChI is InChI=1S/C17H25N3O4S/c1-19(25(2,22)23)14-6-7-16(18-12-14)24-15-8-10-20(11-9-15)17(21)13-4-3-5-13/h6-7,12-13,15H,3-5,8-11H2,1-2H3. The fourth-order valence-corrected chi connectivity index (χ4v) is 3.59. The minimum atomic E-state index is -3.30. The summed E-state index contributed by atoms with van der Waals surface area (Å²) in [5.41, 5.74) is 0.496. The van der Waals surface area contributed by atoms with Crippen molar-refractivity contribution in [2.45, 2.75) is 38.2 Å². The Labute approximate surface area is 149 Å². The van der Waals surface area contributed by atoms with E-state index in [0.29, 0.717) is 17.5 Å². The fourth-order valence-electron chi connectivity index (χ4n) is 3.10. The van der Waals surface area contributed by atoms with Gasteiger partial charge in [-0.15, -0.1) is 0 Å². The molecule has 3 rings (SSSR count). The van der Waals surface area contributed by atoms with E-state index in [4.69, 9.17) is 4.74 Å². The summed E-state index contributed by atoms with van der Waals surface area (Å²) in [6, 6.07) is 3.36. The van der Waals surface area contributed by atoms with Crippen LogP contribution in [0.25, 0.3) is 0 Å². The lowest BCUT2D eigenvalue weighted by Crippen LogP contribution is -2.45. The van der Waals surface area contributed by atoms with Crippen molar-refractivity contribution in [3.8, 4) is 5.88 Å². The van der Waals surface area contributed by atoms with Crippen molar-refractivity contribution in [3.63, 3.8) is 0 Å². The number of carbonyl (C=O) groups is 1. The Bertz CT molecular complexity index is 708. The van der Waals surface area contributed by atoms with Gasteiger partial charge in [0.2, 0.25) is 21.8 Å². The lowest BCUT2D eigenvalue weighted by Gasteiger charge is -2.36. The number of hydrogen-bond donors (Lipinski definition) is 0. The molecule has 0 bridgehead atoms. The van der Waals surface area contributed by atoms with Crippen molar-refractivity contribution in [2.24, 2.45) is 5.92 Å². The van der Waals surface area contributed by atoms with Gasteiger partial charge in [0.1, 0.15) is 6.10 Å². The van der Waals surface area contributed by atoms with Gasteiger partial charge in [0, 0.05) is 45.0 Å². The number of hydrogen-bond acceptors (Lipinski definition) is 5. The average Bonchev–Trinajstić information content (AvgIpc) is 2.53. The normalized spacial score (nSPS) is 19.4. The first-order valence-electron chi connectivity index (χ1n) is 8.70. The molecular weight excluding hydrogens is 342 g/mol. The molecule has 1 aliphatic heterocycles. The summed E-state index contributed by atoms with van der Waals surface area (Å²) in [4.78, 5) is 18.4. The maximum Gasteiger partial charge on any atom is 0.232 e. The van der Waals surface area contributed by atoms with Crippen LogP contribution in [0.3, 0.4) is 0 Å². The Morgan fingerprint density at radius 3 is 2.40 bits per heavy atom. The van der Waals surface area contributed by atoms with Crippen molar-refractivity contribution < 1.29 is 17.9 Å². The van der Waals surface area contributed by atoms with Gasteiger partial charge in [-0.25, -0.2) is 13.4 Å². The van der Waals surface area contributed by atoms with Crippen LogP contribution < -0.4 is 9.04 Å². The molecule has 0 aromatic carbocycles. The summed E-state index contributed by atoms with van der Waals surface area (Å²) in [7, 11) is -1.81. The highest BCUT2D eigenvalue weighted by Gasteiger charge is 2.32. The first-order valence-corrected chi connectivity index (χ1v) is 10.5. The summed E-state index contributed by atoms with van der Waals surface area (Å²) in [6.07, 6.45) is 7.52. The monoisotopic (exact) mass is 367 g/mol. The van der Waals surface area contributed by atoms with Crippen LogP contribution >= 0.6 is 0 Å². The highest BCUT2D eigenvalue weighted by Crippen LogP contribution is 2.29. The van der Waals surface area contributed by atoms with Crippen LogP contribution in [-0.4, -0.2) is 56.7 Å². The Kier molecular flexibility index (Phi) is 5.17. The summed E-state index contributed by atoms with van der Waals surface area (Å²) in [6.45, 7) is 1.46. The minimum Gasteiger partial charge on any atom is -0.474 e. The number of anilines is 1. The number of nitrogens with zero attached hydrogens (tertiary/aromatic N) is 3. The number of piperidine rings is 1. The molecule has 1 aromatic heterocycles. The first kappa shape index (κ1) is 18.0. The molecule has 0 unspecified atom stereocenters. The zero-order valence-corrected chi connectivity index (χ0v) is 15.5. The third-order valence-corrected chi connectivity index (χ3v) is 6.28. The molecule has 1 saturated heterocycles. The highest BCUT2D eigenvalue weighted by molar-refractivity contribution is 7.92. The molecule has 1 aliphatic carbocycles. The van der Waals surface area contributed by atoms with Gasteiger partial charge >= 0.3 is 0 Å². The van der Waals surface area contributed by atoms with Crippen LogP contribution in [0, 0.1) is 5.92 Å². The SMILES string of the molecule is CN(c1ccc(OC2CCN(C(=O)C3CCC3)CC2)nc1)S(C)(=O)=O. The quantitative estimate of drug-likeness (QED) is 0.790. The van der Waals surface area contributed by atoms with Crippen LogP contribution in [-0.2, 0) is 14.8 Å².